The first-order valence-electron chi connectivity index (χ1n) is 5.69. The highest BCUT2D eigenvalue weighted by Crippen LogP contribution is 2.13. The topological polar surface area (TPSA) is 29.1 Å². The number of Topliss-reactive ketones (excluding diaryl/α,β-unsaturated/α-hetero) is 1. The van der Waals surface area contributed by atoms with Crippen molar-refractivity contribution in [3.8, 4) is 0 Å². The third-order valence-corrected chi connectivity index (χ3v) is 2.85. The maximum absolute atomic E-state index is 11.6. The minimum atomic E-state index is 0.314. The van der Waals surface area contributed by atoms with Crippen molar-refractivity contribution in [2.75, 3.05) is 13.1 Å². The van der Waals surface area contributed by atoms with Crippen LogP contribution in [0.15, 0.2) is 12.7 Å². The molecular weight excluding hydrogens is 174 g/mol. The summed E-state index contributed by atoms with van der Waals surface area (Å²) in [5, 5.41) is 3.23. The predicted octanol–water partition coefficient (Wildman–Crippen LogP) is 2.30. The van der Waals surface area contributed by atoms with Gasteiger partial charge in [-0.2, -0.15) is 0 Å². The van der Waals surface area contributed by atoms with Gasteiger partial charge in [-0.25, -0.2) is 0 Å². The molecule has 1 rings (SSSR count). The van der Waals surface area contributed by atoms with Gasteiger partial charge in [0.2, 0.25) is 0 Å². The van der Waals surface area contributed by atoms with Crippen molar-refractivity contribution in [1.82, 2.24) is 5.32 Å². The van der Waals surface area contributed by atoms with Gasteiger partial charge in [0.15, 0.2) is 0 Å². The molecule has 1 atom stereocenters. The van der Waals surface area contributed by atoms with Crippen molar-refractivity contribution in [2.45, 2.75) is 38.5 Å². The van der Waals surface area contributed by atoms with Crippen LogP contribution < -0.4 is 5.32 Å². The molecule has 0 saturated carbocycles. The summed E-state index contributed by atoms with van der Waals surface area (Å²) in [4.78, 5) is 11.6. The van der Waals surface area contributed by atoms with E-state index in [0.29, 0.717) is 11.7 Å². The molecule has 1 aliphatic heterocycles. The molecule has 0 radical (unpaired) electrons. The Hall–Kier alpha value is -0.630. The van der Waals surface area contributed by atoms with Crippen LogP contribution in [0.3, 0.4) is 0 Å². The molecule has 1 fully saturated rings. The maximum Gasteiger partial charge on any atom is 0.137 e. The van der Waals surface area contributed by atoms with Gasteiger partial charge in [-0.15, -0.1) is 6.58 Å². The largest absolute Gasteiger partial charge is 0.316 e. The third kappa shape index (κ3) is 4.05. The Balaban J connectivity index is 2.00. The molecule has 0 amide bonds. The lowest BCUT2D eigenvalue weighted by Gasteiger charge is -2.06. The van der Waals surface area contributed by atoms with E-state index in [0.717, 1.165) is 45.2 Å². The highest BCUT2D eigenvalue weighted by molar-refractivity contribution is 5.81. The number of ketones is 1. The highest BCUT2D eigenvalue weighted by Gasteiger charge is 2.21. The number of rotatable bonds is 7. The summed E-state index contributed by atoms with van der Waals surface area (Å²) in [6.45, 7) is 5.61. The molecule has 2 heteroatoms. The van der Waals surface area contributed by atoms with Gasteiger partial charge in [0, 0.05) is 18.9 Å². The lowest BCUT2D eigenvalue weighted by atomic mass is 9.98. The summed E-state index contributed by atoms with van der Waals surface area (Å²) < 4.78 is 0. The van der Waals surface area contributed by atoms with E-state index in [2.05, 4.69) is 11.9 Å². The zero-order valence-corrected chi connectivity index (χ0v) is 8.93. The molecule has 0 aliphatic carbocycles. The molecule has 80 valence electrons. The fourth-order valence-electron chi connectivity index (χ4n) is 1.90. The number of carbonyl (C=O) groups is 1. The third-order valence-electron chi connectivity index (χ3n) is 2.85. The molecule has 14 heavy (non-hydrogen) atoms. The van der Waals surface area contributed by atoms with Gasteiger partial charge in [-0.3, -0.25) is 4.79 Å². The summed E-state index contributed by atoms with van der Waals surface area (Å²) in [7, 11) is 0. The van der Waals surface area contributed by atoms with Gasteiger partial charge in [0.25, 0.3) is 0 Å². The van der Waals surface area contributed by atoms with Crippen LogP contribution in [-0.2, 0) is 4.79 Å². The summed E-state index contributed by atoms with van der Waals surface area (Å²) >= 11 is 0. The van der Waals surface area contributed by atoms with Crippen molar-refractivity contribution in [1.29, 1.82) is 0 Å². The van der Waals surface area contributed by atoms with E-state index < -0.39 is 0 Å². The van der Waals surface area contributed by atoms with E-state index in [9.17, 15) is 4.79 Å². The van der Waals surface area contributed by atoms with Crippen molar-refractivity contribution in [3.05, 3.63) is 12.7 Å². The molecule has 1 aliphatic rings. The molecule has 1 saturated heterocycles. The van der Waals surface area contributed by atoms with Crippen molar-refractivity contribution < 1.29 is 4.79 Å². The van der Waals surface area contributed by atoms with Crippen molar-refractivity contribution in [3.63, 3.8) is 0 Å². The molecule has 2 nitrogen and oxygen atoms in total. The highest BCUT2D eigenvalue weighted by atomic mass is 16.1. The number of hydrogen-bond donors (Lipinski definition) is 1. The summed E-state index contributed by atoms with van der Waals surface area (Å²) in [6, 6.07) is 0. The first-order valence-corrected chi connectivity index (χ1v) is 5.69. The molecule has 1 unspecified atom stereocenters. The maximum atomic E-state index is 11.6. The summed E-state index contributed by atoms with van der Waals surface area (Å²) in [5.41, 5.74) is 0. The molecule has 0 spiro atoms. The Morgan fingerprint density at radius 1 is 1.43 bits per heavy atom. The van der Waals surface area contributed by atoms with Crippen molar-refractivity contribution in [2.24, 2.45) is 5.92 Å². The van der Waals surface area contributed by atoms with Crippen LogP contribution in [0.1, 0.15) is 38.5 Å². The lowest BCUT2D eigenvalue weighted by Crippen LogP contribution is -2.17. The van der Waals surface area contributed by atoms with Gasteiger partial charge < -0.3 is 5.32 Å². The zero-order chi connectivity index (χ0) is 10.2. The Morgan fingerprint density at radius 3 is 2.93 bits per heavy atom. The SMILES string of the molecule is C=CCCCCCC(=O)C1CCNC1. The van der Waals surface area contributed by atoms with Crippen LogP contribution in [0.25, 0.3) is 0 Å². The quantitative estimate of drug-likeness (QED) is 0.499. The number of unbranched alkanes of at least 4 members (excludes halogenated alkanes) is 3. The monoisotopic (exact) mass is 195 g/mol. The van der Waals surface area contributed by atoms with E-state index in [-0.39, 0.29) is 0 Å². The number of nitrogens with one attached hydrogen (secondary N) is 1. The molecule has 1 heterocycles. The van der Waals surface area contributed by atoms with Crippen LogP contribution in [0.5, 0.6) is 0 Å². The predicted molar refractivity (Wildman–Crippen MR) is 59.3 cm³/mol. The number of allylic oxidation sites excluding steroid dienone is 1. The van der Waals surface area contributed by atoms with E-state index >= 15 is 0 Å². The average Bonchev–Trinajstić information content (AvgIpc) is 2.70. The smallest absolute Gasteiger partial charge is 0.137 e. The molecule has 0 aromatic carbocycles. The van der Waals surface area contributed by atoms with Gasteiger partial charge in [-0.05, 0) is 32.2 Å². The first kappa shape index (κ1) is 11.4. The molecule has 1 N–H and O–H groups in total. The minimum absolute atomic E-state index is 0.314. The van der Waals surface area contributed by atoms with E-state index in [1.165, 1.54) is 6.42 Å². The Bertz CT molecular complexity index is 183. The zero-order valence-electron chi connectivity index (χ0n) is 8.93. The first-order chi connectivity index (χ1) is 6.84. The number of hydrogen-bond acceptors (Lipinski definition) is 2. The van der Waals surface area contributed by atoms with E-state index in [1.807, 2.05) is 6.08 Å². The van der Waals surface area contributed by atoms with E-state index in [1.54, 1.807) is 0 Å². The van der Waals surface area contributed by atoms with Crippen LogP contribution in [-0.4, -0.2) is 18.9 Å². The van der Waals surface area contributed by atoms with Crippen molar-refractivity contribution >= 4 is 5.78 Å². The van der Waals surface area contributed by atoms with E-state index in [4.69, 9.17) is 0 Å². The standard InChI is InChI=1S/C12H21NO/c1-2-3-4-5-6-7-12(14)11-8-9-13-10-11/h2,11,13H,1,3-10H2. The van der Waals surface area contributed by atoms with Gasteiger partial charge >= 0.3 is 0 Å². The van der Waals surface area contributed by atoms with Crippen LogP contribution in [0.2, 0.25) is 0 Å². The second-order valence-electron chi connectivity index (χ2n) is 4.04. The summed E-state index contributed by atoms with van der Waals surface area (Å²) in [5.74, 6) is 0.781. The minimum Gasteiger partial charge on any atom is -0.316 e. The fourth-order valence-corrected chi connectivity index (χ4v) is 1.90. The fraction of sp³-hybridized carbons (Fsp3) is 0.750. The Labute approximate surface area is 86.8 Å². The Kier molecular flexibility index (Phi) is 5.53. The normalized spacial score (nSPS) is 21.0. The second kappa shape index (κ2) is 6.77. The van der Waals surface area contributed by atoms with Crippen LogP contribution in [0.4, 0.5) is 0 Å². The Morgan fingerprint density at radius 2 is 2.29 bits per heavy atom. The molecular formula is C12H21NO. The van der Waals surface area contributed by atoms with Gasteiger partial charge in [0.05, 0.1) is 0 Å². The van der Waals surface area contributed by atoms with Gasteiger partial charge in [-0.1, -0.05) is 12.5 Å². The number of carbonyl (C=O) groups excluding carboxylic acids is 1. The summed E-state index contributed by atoms with van der Waals surface area (Å²) in [6.07, 6.45) is 8.26. The molecule has 0 aromatic rings. The average molecular weight is 195 g/mol. The second-order valence-corrected chi connectivity index (χ2v) is 4.04. The van der Waals surface area contributed by atoms with Crippen LogP contribution in [0, 0.1) is 5.92 Å². The van der Waals surface area contributed by atoms with Gasteiger partial charge in [0.1, 0.15) is 5.78 Å². The molecule has 0 bridgehead atoms. The van der Waals surface area contributed by atoms with Crippen LogP contribution >= 0.6 is 0 Å². The lowest BCUT2D eigenvalue weighted by molar-refractivity contribution is -0.122. The molecule has 0 aromatic heterocycles.